The summed E-state index contributed by atoms with van der Waals surface area (Å²) in [4.78, 5) is 11.1. The predicted octanol–water partition coefficient (Wildman–Crippen LogP) is 2.33. The van der Waals surface area contributed by atoms with Crippen molar-refractivity contribution in [2.24, 2.45) is 0 Å². The first-order valence-electron chi connectivity index (χ1n) is 6.77. The Morgan fingerprint density at radius 3 is 3.00 bits per heavy atom. The van der Waals surface area contributed by atoms with Crippen LogP contribution in [0.15, 0.2) is 18.5 Å². The molecule has 0 aliphatic heterocycles. The van der Waals surface area contributed by atoms with Crippen molar-refractivity contribution in [3.8, 4) is 0 Å². The summed E-state index contributed by atoms with van der Waals surface area (Å²) < 4.78 is 7.07. The van der Waals surface area contributed by atoms with Crippen LogP contribution in [0.1, 0.15) is 38.7 Å². The number of nitrogens with one attached hydrogen (secondary N) is 1. The maximum absolute atomic E-state index is 11.1. The average molecular weight is 252 g/mol. The Bertz CT molecular complexity index is 347. The number of nitrogens with zero attached hydrogens (tertiary/aromatic N) is 1. The van der Waals surface area contributed by atoms with E-state index in [1.807, 2.05) is 6.92 Å². The molecule has 0 atom stereocenters. The number of ether oxygens (including phenoxy) is 1. The number of rotatable bonds is 9. The maximum Gasteiger partial charge on any atom is 0.305 e. The van der Waals surface area contributed by atoms with Crippen LogP contribution < -0.4 is 5.32 Å². The zero-order valence-corrected chi connectivity index (χ0v) is 11.4. The van der Waals surface area contributed by atoms with Crippen molar-refractivity contribution in [2.45, 2.75) is 46.2 Å². The van der Waals surface area contributed by atoms with E-state index < -0.39 is 0 Å². The molecule has 1 N–H and O–H groups in total. The van der Waals surface area contributed by atoms with Crippen LogP contribution in [0, 0.1) is 0 Å². The Kier molecular flexibility index (Phi) is 7.18. The third-order valence-corrected chi connectivity index (χ3v) is 2.66. The van der Waals surface area contributed by atoms with Gasteiger partial charge in [0.2, 0.25) is 0 Å². The molecule has 4 nitrogen and oxygen atoms in total. The molecule has 102 valence electrons. The quantitative estimate of drug-likeness (QED) is 0.542. The first-order chi connectivity index (χ1) is 8.76. The Morgan fingerprint density at radius 1 is 1.44 bits per heavy atom. The van der Waals surface area contributed by atoms with E-state index in [0.29, 0.717) is 13.0 Å². The molecule has 0 saturated heterocycles. The summed E-state index contributed by atoms with van der Waals surface area (Å²) in [7, 11) is 0. The van der Waals surface area contributed by atoms with Crippen molar-refractivity contribution in [3.63, 3.8) is 0 Å². The highest BCUT2D eigenvalue weighted by atomic mass is 16.5. The molecule has 0 saturated carbocycles. The van der Waals surface area contributed by atoms with E-state index in [1.54, 1.807) is 0 Å². The lowest BCUT2D eigenvalue weighted by Gasteiger charge is -2.03. The first-order valence-corrected chi connectivity index (χ1v) is 6.77. The summed E-state index contributed by atoms with van der Waals surface area (Å²) in [6, 6.07) is 2.13. The van der Waals surface area contributed by atoms with Crippen molar-refractivity contribution in [1.82, 2.24) is 9.88 Å². The monoisotopic (exact) mass is 252 g/mol. The molecule has 0 fully saturated rings. The zero-order valence-electron chi connectivity index (χ0n) is 11.4. The second-order valence-electron chi connectivity index (χ2n) is 4.34. The standard InChI is InChI=1S/C14H24N2O2/c1-3-9-16-10-7-13(12-16)11-15-8-5-6-14(17)18-4-2/h7,10,12,15H,3-6,8-9,11H2,1-2H3. The fourth-order valence-corrected chi connectivity index (χ4v) is 1.82. The van der Waals surface area contributed by atoms with E-state index in [9.17, 15) is 4.79 Å². The molecule has 1 aromatic heterocycles. The van der Waals surface area contributed by atoms with Gasteiger partial charge in [0, 0.05) is 31.9 Å². The van der Waals surface area contributed by atoms with E-state index in [4.69, 9.17) is 4.74 Å². The third kappa shape index (κ3) is 5.87. The Balaban J connectivity index is 2.08. The van der Waals surface area contributed by atoms with Gasteiger partial charge in [0.15, 0.2) is 0 Å². The smallest absolute Gasteiger partial charge is 0.305 e. The fourth-order valence-electron chi connectivity index (χ4n) is 1.82. The van der Waals surface area contributed by atoms with Crippen LogP contribution in [0.3, 0.4) is 0 Å². The molecule has 0 unspecified atom stereocenters. The van der Waals surface area contributed by atoms with Crippen LogP contribution in [0.4, 0.5) is 0 Å². The summed E-state index contributed by atoms with van der Waals surface area (Å²) in [6.45, 7) is 7.25. The molecule has 0 radical (unpaired) electrons. The van der Waals surface area contributed by atoms with Crippen molar-refractivity contribution in [3.05, 3.63) is 24.0 Å². The lowest BCUT2D eigenvalue weighted by Crippen LogP contribution is -2.16. The molecule has 18 heavy (non-hydrogen) atoms. The molecule has 0 aromatic carbocycles. The second-order valence-corrected chi connectivity index (χ2v) is 4.34. The van der Waals surface area contributed by atoms with E-state index in [-0.39, 0.29) is 5.97 Å². The number of carbonyl (C=O) groups is 1. The Morgan fingerprint density at radius 2 is 2.28 bits per heavy atom. The minimum atomic E-state index is -0.103. The van der Waals surface area contributed by atoms with Crippen LogP contribution >= 0.6 is 0 Å². The third-order valence-electron chi connectivity index (χ3n) is 2.66. The van der Waals surface area contributed by atoms with Gasteiger partial charge in [-0.25, -0.2) is 0 Å². The molecule has 0 spiro atoms. The van der Waals surface area contributed by atoms with Crippen molar-refractivity contribution in [2.75, 3.05) is 13.2 Å². The first kappa shape index (κ1) is 14.8. The number of aryl methyl sites for hydroxylation is 1. The Hall–Kier alpha value is -1.29. The lowest BCUT2D eigenvalue weighted by atomic mass is 10.3. The summed E-state index contributed by atoms with van der Waals surface area (Å²) in [5, 5.41) is 3.33. The highest BCUT2D eigenvalue weighted by Crippen LogP contribution is 2.02. The minimum Gasteiger partial charge on any atom is -0.466 e. The van der Waals surface area contributed by atoms with E-state index in [2.05, 4.69) is 35.3 Å². The minimum absolute atomic E-state index is 0.103. The van der Waals surface area contributed by atoms with Gasteiger partial charge >= 0.3 is 5.97 Å². The van der Waals surface area contributed by atoms with Crippen molar-refractivity contribution in [1.29, 1.82) is 0 Å². The molecule has 0 bridgehead atoms. The topological polar surface area (TPSA) is 43.3 Å². The van der Waals surface area contributed by atoms with Crippen LogP contribution in [-0.2, 0) is 22.6 Å². The molecular weight excluding hydrogens is 228 g/mol. The van der Waals surface area contributed by atoms with Crippen LogP contribution in [0.2, 0.25) is 0 Å². The van der Waals surface area contributed by atoms with Crippen molar-refractivity contribution >= 4 is 5.97 Å². The number of carbonyl (C=O) groups excluding carboxylic acids is 1. The number of aromatic nitrogens is 1. The van der Waals surface area contributed by atoms with Gasteiger partial charge in [-0.2, -0.15) is 0 Å². The van der Waals surface area contributed by atoms with Gasteiger partial charge in [-0.05, 0) is 37.9 Å². The molecule has 1 heterocycles. The molecule has 0 aliphatic carbocycles. The maximum atomic E-state index is 11.1. The Labute approximate surface area is 109 Å². The largest absolute Gasteiger partial charge is 0.466 e. The molecule has 1 rings (SSSR count). The predicted molar refractivity (Wildman–Crippen MR) is 72.3 cm³/mol. The van der Waals surface area contributed by atoms with Gasteiger partial charge in [-0.15, -0.1) is 0 Å². The fraction of sp³-hybridized carbons (Fsp3) is 0.643. The molecule has 0 aliphatic rings. The lowest BCUT2D eigenvalue weighted by molar-refractivity contribution is -0.143. The van der Waals surface area contributed by atoms with Gasteiger partial charge in [0.05, 0.1) is 6.61 Å². The highest BCUT2D eigenvalue weighted by molar-refractivity contribution is 5.69. The van der Waals surface area contributed by atoms with E-state index >= 15 is 0 Å². The summed E-state index contributed by atoms with van der Waals surface area (Å²) >= 11 is 0. The molecule has 0 amide bonds. The normalized spacial score (nSPS) is 10.6. The summed E-state index contributed by atoms with van der Waals surface area (Å²) in [5.41, 5.74) is 1.29. The van der Waals surface area contributed by atoms with Gasteiger partial charge in [0.1, 0.15) is 0 Å². The molecule has 1 aromatic rings. The number of hydrogen-bond acceptors (Lipinski definition) is 3. The summed E-state index contributed by atoms with van der Waals surface area (Å²) in [5.74, 6) is -0.103. The van der Waals surface area contributed by atoms with Crippen LogP contribution in [-0.4, -0.2) is 23.7 Å². The van der Waals surface area contributed by atoms with E-state index in [1.165, 1.54) is 5.56 Å². The molecule has 4 heteroatoms. The number of esters is 1. The SMILES string of the molecule is CCCn1ccc(CNCCCC(=O)OCC)c1. The van der Waals surface area contributed by atoms with Crippen molar-refractivity contribution < 1.29 is 9.53 Å². The van der Waals surface area contributed by atoms with Gasteiger partial charge in [0.25, 0.3) is 0 Å². The van der Waals surface area contributed by atoms with Gasteiger partial charge < -0.3 is 14.6 Å². The van der Waals surface area contributed by atoms with Crippen LogP contribution in [0.25, 0.3) is 0 Å². The molecular formula is C14H24N2O2. The number of hydrogen-bond donors (Lipinski definition) is 1. The zero-order chi connectivity index (χ0) is 13.2. The summed E-state index contributed by atoms with van der Waals surface area (Å²) in [6.07, 6.45) is 6.76. The highest BCUT2D eigenvalue weighted by Gasteiger charge is 2.01. The average Bonchev–Trinajstić information content (AvgIpc) is 2.77. The van der Waals surface area contributed by atoms with Gasteiger partial charge in [-0.3, -0.25) is 4.79 Å². The van der Waals surface area contributed by atoms with Gasteiger partial charge in [-0.1, -0.05) is 6.92 Å². The van der Waals surface area contributed by atoms with E-state index in [0.717, 1.165) is 32.5 Å². The van der Waals surface area contributed by atoms with Crippen LogP contribution in [0.5, 0.6) is 0 Å². The second kappa shape index (κ2) is 8.75.